The number of allylic oxidation sites excluding steroid dienone is 2. The lowest BCUT2D eigenvalue weighted by molar-refractivity contribution is -0.220. The molecule has 3 rings (SSSR count). The van der Waals surface area contributed by atoms with Crippen LogP contribution in [0.4, 0.5) is 0 Å². The number of ether oxygens (including phenoxy) is 2. The molecule has 0 aromatic heterocycles. The summed E-state index contributed by atoms with van der Waals surface area (Å²) in [6.07, 6.45) is 5.77. The van der Waals surface area contributed by atoms with Crippen LogP contribution in [0.25, 0.3) is 0 Å². The molecular formula is C13H14Cl4O2. The van der Waals surface area contributed by atoms with Gasteiger partial charge >= 0.3 is 0 Å². The van der Waals surface area contributed by atoms with Gasteiger partial charge in [0.15, 0.2) is 0 Å². The summed E-state index contributed by atoms with van der Waals surface area (Å²) in [6.45, 7) is 0. The molecule has 106 valence electrons. The molecule has 0 aromatic rings. The highest BCUT2D eigenvalue weighted by Gasteiger charge is 2.84. The summed E-state index contributed by atoms with van der Waals surface area (Å²) in [7, 11) is 3.06. The molecule has 0 aliphatic heterocycles. The van der Waals surface area contributed by atoms with Crippen molar-refractivity contribution in [1.82, 2.24) is 0 Å². The number of methoxy groups -OCH3 is 2. The molecule has 1 fully saturated rings. The van der Waals surface area contributed by atoms with E-state index < -0.39 is 15.5 Å². The highest BCUT2D eigenvalue weighted by molar-refractivity contribution is 6.52. The van der Waals surface area contributed by atoms with E-state index in [0.717, 1.165) is 12.8 Å². The predicted molar refractivity (Wildman–Crippen MR) is 78.0 cm³/mol. The van der Waals surface area contributed by atoms with E-state index in [1.807, 2.05) is 0 Å². The summed E-state index contributed by atoms with van der Waals surface area (Å²) < 4.78 is 11.3. The number of hydrogen-bond acceptors (Lipinski definition) is 2. The zero-order chi connectivity index (χ0) is 14.1. The smallest absolute Gasteiger partial charge is 0.217 e. The van der Waals surface area contributed by atoms with Gasteiger partial charge in [-0.25, -0.2) is 0 Å². The molecule has 4 unspecified atom stereocenters. The Hall–Kier alpha value is 0.560. The van der Waals surface area contributed by atoms with Crippen molar-refractivity contribution in [2.75, 3.05) is 14.2 Å². The Bertz CT molecular complexity index is 447. The quantitative estimate of drug-likeness (QED) is 0.424. The highest BCUT2D eigenvalue weighted by atomic mass is 35.5. The van der Waals surface area contributed by atoms with Crippen molar-refractivity contribution in [2.45, 2.75) is 28.4 Å². The maximum atomic E-state index is 6.89. The van der Waals surface area contributed by atoms with Gasteiger partial charge in [0.1, 0.15) is 9.75 Å². The Morgan fingerprint density at radius 1 is 0.947 bits per heavy atom. The van der Waals surface area contributed by atoms with Gasteiger partial charge in [0.25, 0.3) is 0 Å². The SMILES string of the molecule is COC1(OC)C2(Cl)C(Cl)=C(Cl)C1(Cl)C1CC=CCC12. The van der Waals surface area contributed by atoms with Gasteiger partial charge in [-0.3, -0.25) is 0 Å². The fourth-order valence-corrected chi connectivity index (χ4v) is 6.31. The van der Waals surface area contributed by atoms with Crippen LogP contribution in [0.3, 0.4) is 0 Å². The van der Waals surface area contributed by atoms with Crippen molar-refractivity contribution in [2.24, 2.45) is 11.8 Å². The number of rotatable bonds is 2. The first-order valence-electron chi connectivity index (χ1n) is 6.11. The average molecular weight is 344 g/mol. The molecule has 0 heterocycles. The van der Waals surface area contributed by atoms with Crippen molar-refractivity contribution in [1.29, 1.82) is 0 Å². The molecular weight excluding hydrogens is 330 g/mol. The van der Waals surface area contributed by atoms with Gasteiger partial charge in [0, 0.05) is 14.2 Å². The molecule has 0 spiro atoms. The van der Waals surface area contributed by atoms with Crippen LogP contribution in [0, 0.1) is 11.8 Å². The summed E-state index contributed by atoms with van der Waals surface area (Å²) in [5.74, 6) is -1.14. The first-order chi connectivity index (χ1) is 8.91. The number of hydrogen-bond donors (Lipinski definition) is 0. The molecule has 0 radical (unpaired) electrons. The van der Waals surface area contributed by atoms with Crippen LogP contribution < -0.4 is 0 Å². The molecule has 3 aliphatic rings. The maximum Gasteiger partial charge on any atom is 0.217 e. The van der Waals surface area contributed by atoms with E-state index in [4.69, 9.17) is 55.9 Å². The van der Waals surface area contributed by atoms with E-state index in [-0.39, 0.29) is 11.8 Å². The van der Waals surface area contributed by atoms with Crippen LogP contribution in [0.2, 0.25) is 0 Å². The highest BCUT2D eigenvalue weighted by Crippen LogP contribution is 2.75. The zero-order valence-electron chi connectivity index (χ0n) is 10.6. The minimum atomic E-state index is -1.24. The second-order valence-electron chi connectivity index (χ2n) is 5.23. The number of halogens is 4. The van der Waals surface area contributed by atoms with Crippen LogP contribution in [0.1, 0.15) is 12.8 Å². The summed E-state index contributed by atoms with van der Waals surface area (Å²) >= 11 is 26.6. The van der Waals surface area contributed by atoms with Crippen LogP contribution in [-0.4, -0.2) is 29.8 Å². The summed E-state index contributed by atoms with van der Waals surface area (Å²) in [4.78, 5) is -2.07. The van der Waals surface area contributed by atoms with Gasteiger partial charge in [-0.1, -0.05) is 35.4 Å². The van der Waals surface area contributed by atoms with E-state index >= 15 is 0 Å². The summed E-state index contributed by atoms with van der Waals surface area (Å²) in [6, 6.07) is 0. The molecule has 6 heteroatoms. The molecule has 0 N–H and O–H groups in total. The van der Waals surface area contributed by atoms with E-state index in [9.17, 15) is 0 Å². The molecule has 2 bridgehead atoms. The number of alkyl halides is 2. The van der Waals surface area contributed by atoms with Crippen molar-refractivity contribution in [3.63, 3.8) is 0 Å². The van der Waals surface area contributed by atoms with E-state index in [1.165, 1.54) is 14.2 Å². The van der Waals surface area contributed by atoms with E-state index in [2.05, 4.69) is 12.2 Å². The monoisotopic (exact) mass is 342 g/mol. The predicted octanol–water partition coefficient (Wildman–Crippen LogP) is 4.23. The van der Waals surface area contributed by atoms with Gasteiger partial charge in [-0.2, -0.15) is 0 Å². The van der Waals surface area contributed by atoms with Crippen molar-refractivity contribution in [3.05, 3.63) is 22.2 Å². The third kappa shape index (κ3) is 1.26. The van der Waals surface area contributed by atoms with Crippen molar-refractivity contribution < 1.29 is 9.47 Å². The lowest BCUT2D eigenvalue weighted by Gasteiger charge is -2.41. The normalized spacial score (nSPS) is 46.8. The minimum absolute atomic E-state index is 0.0477. The molecule has 19 heavy (non-hydrogen) atoms. The topological polar surface area (TPSA) is 18.5 Å². The Morgan fingerprint density at radius 2 is 1.32 bits per heavy atom. The summed E-state index contributed by atoms with van der Waals surface area (Å²) in [5, 5.41) is 0.706. The van der Waals surface area contributed by atoms with Crippen LogP contribution >= 0.6 is 46.4 Å². The zero-order valence-corrected chi connectivity index (χ0v) is 13.6. The molecule has 4 atom stereocenters. The fraction of sp³-hybridized carbons (Fsp3) is 0.692. The Morgan fingerprint density at radius 3 is 1.63 bits per heavy atom. The molecule has 3 aliphatic carbocycles. The van der Waals surface area contributed by atoms with Gasteiger partial charge in [-0.15, -0.1) is 23.2 Å². The first kappa shape index (κ1) is 14.5. The third-order valence-electron chi connectivity index (χ3n) is 4.82. The minimum Gasteiger partial charge on any atom is -0.350 e. The second kappa shape index (κ2) is 4.28. The van der Waals surface area contributed by atoms with Crippen molar-refractivity contribution >= 4 is 46.4 Å². The van der Waals surface area contributed by atoms with Gasteiger partial charge in [0.2, 0.25) is 5.79 Å². The lowest BCUT2D eigenvalue weighted by Crippen LogP contribution is -2.57. The Kier molecular flexibility index (Phi) is 3.27. The van der Waals surface area contributed by atoms with E-state index in [0.29, 0.717) is 10.1 Å². The molecule has 0 aromatic carbocycles. The first-order valence-corrected chi connectivity index (χ1v) is 7.62. The largest absolute Gasteiger partial charge is 0.350 e. The molecule has 0 amide bonds. The average Bonchev–Trinajstić information content (AvgIpc) is 2.69. The number of fused-ring (bicyclic) bond motifs is 5. The van der Waals surface area contributed by atoms with Crippen LogP contribution in [0.15, 0.2) is 22.2 Å². The van der Waals surface area contributed by atoms with Crippen LogP contribution in [-0.2, 0) is 9.47 Å². The lowest BCUT2D eigenvalue weighted by atomic mass is 9.75. The second-order valence-corrected chi connectivity index (χ2v) is 7.18. The van der Waals surface area contributed by atoms with Crippen molar-refractivity contribution in [3.8, 4) is 0 Å². The van der Waals surface area contributed by atoms with Crippen LogP contribution in [0.5, 0.6) is 0 Å². The third-order valence-corrected chi connectivity index (χ3v) is 7.52. The Balaban J connectivity index is 2.29. The molecule has 2 nitrogen and oxygen atoms in total. The summed E-state index contributed by atoms with van der Waals surface area (Å²) in [5.41, 5.74) is 0. The standard InChI is InChI=1S/C13H14Cl4O2/c1-18-13(19-2)11(16)7-5-3-4-6-8(7)12(13,17)10(15)9(11)14/h3-4,7-8H,5-6H2,1-2H3. The molecule has 1 saturated carbocycles. The maximum absolute atomic E-state index is 6.89. The Labute approximate surface area is 132 Å². The van der Waals surface area contributed by atoms with E-state index in [1.54, 1.807) is 0 Å². The van der Waals surface area contributed by atoms with Gasteiger partial charge < -0.3 is 9.47 Å². The van der Waals surface area contributed by atoms with Gasteiger partial charge in [0.05, 0.1) is 10.1 Å². The van der Waals surface area contributed by atoms with Gasteiger partial charge in [-0.05, 0) is 24.7 Å². The fourth-order valence-electron chi connectivity index (χ4n) is 4.06. The molecule has 0 saturated heterocycles.